The Morgan fingerprint density at radius 3 is 2.75 bits per heavy atom. The Morgan fingerprint density at radius 2 is 1.96 bits per heavy atom. The van der Waals surface area contributed by atoms with Crippen molar-refractivity contribution in [3.8, 4) is 11.5 Å². The summed E-state index contributed by atoms with van der Waals surface area (Å²) >= 11 is 0. The van der Waals surface area contributed by atoms with Crippen molar-refractivity contribution in [2.24, 2.45) is 5.10 Å². The molecular formula is C22H23N3O3. The van der Waals surface area contributed by atoms with E-state index in [0.717, 1.165) is 16.5 Å². The number of carbonyl (C=O) groups excluding carboxylic acids is 1. The van der Waals surface area contributed by atoms with Crippen LogP contribution in [0.4, 0.5) is 5.69 Å². The number of fused-ring (bicyclic) bond motifs is 1. The molecule has 3 rings (SSSR count). The molecule has 0 aliphatic heterocycles. The molecule has 1 amide bonds. The fourth-order valence-corrected chi connectivity index (χ4v) is 2.81. The van der Waals surface area contributed by atoms with E-state index in [9.17, 15) is 9.90 Å². The standard InChI is InChI=1S/C22H23N3O3/c1-3-28-21-12-11-16(13-20(21)26)14-23-25-22(27)15(2)24-19-10-6-8-17-7-4-5-9-18(17)19/h4-15,24,26H,3H2,1-2H3,(H,25,27)/b23-14-/t15-/m0/s1. The van der Waals surface area contributed by atoms with Gasteiger partial charge in [-0.05, 0) is 49.1 Å². The molecule has 3 aromatic carbocycles. The number of hydrazone groups is 1. The summed E-state index contributed by atoms with van der Waals surface area (Å²) in [7, 11) is 0. The molecule has 1 atom stereocenters. The predicted octanol–water partition coefficient (Wildman–Crippen LogP) is 3.89. The number of hydrogen-bond acceptors (Lipinski definition) is 5. The van der Waals surface area contributed by atoms with Crippen molar-refractivity contribution in [2.75, 3.05) is 11.9 Å². The number of ether oxygens (including phenoxy) is 1. The van der Waals surface area contributed by atoms with Crippen molar-refractivity contribution in [3.63, 3.8) is 0 Å². The molecule has 6 heteroatoms. The number of phenolic OH excluding ortho intramolecular Hbond substituents is 1. The molecule has 0 saturated carbocycles. The Kier molecular flexibility index (Phi) is 6.11. The van der Waals surface area contributed by atoms with Gasteiger partial charge in [0.2, 0.25) is 0 Å². The van der Waals surface area contributed by atoms with Gasteiger partial charge in [0.05, 0.1) is 12.8 Å². The molecule has 0 aromatic heterocycles. The van der Waals surface area contributed by atoms with Gasteiger partial charge in [-0.2, -0.15) is 5.10 Å². The van der Waals surface area contributed by atoms with Gasteiger partial charge in [0.1, 0.15) is 6.04 Å². The summed E-state index contributed by atoms with van der Waals surface area (Å²) in [5.74, 6) is 0.180. The molecule has 28 heavy (non-hydrogen) atoms. The number of benzene rings is 3. The summed E-state index contributed by atoms with van der Waals surface area (Å²) in [5, 5.41) is 19.2. The van der Waals surface area contributed by atoms with E-state index in [-0.39, 0.29) is 11.7 Å². The fourth-order valence-electron chi connectivity index (χ4n) is 2.81. The smallest absolute Gasteiger partial charge is 0.262 e. The molecule has 144 valence electrons. The summed E-state index contributed by atoms with van der Waals surface area (Å²) in [6.45, 7) is 4.09. The molecule has 0 radical (unpaired) electrons. The molecule has 0 heterocycles. The fraction of sp³-hybridized carbons (Fsp3) is 0.182. The molecular weight excluding hydrogens is 354 g/mol. The van der Waals surface area contributed by atoms with Crippen LogP contribution in [0, 0.1) is 0 Å². The van der Waals surface area contributed by atoms with E-state index < -0.39 is 6.04 Å². The van der Waals surface area contributed by atoms with Crippen LogP contribution >= 0.6 is 0 Å². The highest BCUT2D eigenvalue weighted by molar-refractivity contribution is 5.96. The summed E-state index contributed by atoms with van der Waals surface area (Å²) < 4.78 is 5.28. The SMILES string of the molecule is CCOc1ccc(/C=N\NC(=O)[C@H](C)Nc2cccc3ccccc23)cc1O. The molecule has 3 N–H and O–H groups in total. The lowest BCUT2D eigenvalue weighted by Gasteiger charge is -2.15. The maximum absolute atomic E-state index is 12.3. The van der Waals surface area contributed by atoms with Crippen molar-refractivity contribution in [2.45, 2.75) is 19.9 Å². The van der Waals surface area contributed by atoms with E-state index in [4.69, 9.17) is 4.74 Å². The molecule has 0 spiro atoms. The van der Waals surface area contributed by atoms with Gasteiger partial charge in [-0.25, -0.2) is 5.43 Å². The maximum Gasteiger partial charge on any atom is 0.262 e. The van der Waals surface area contributed by atoms with Crippen LogP contribution in [0.5, 0.6) is 11.5 Å². The predicted molar refractivity (Wildman–Crippen MR) is 112 cm³/mol. The zero-order valence-electron chi connectivity index (χ0n) is 15.8. The van der Waals surface area contributed by atoms with Crippen molar-refractivity contribution >= 4 is 28.6 Å². The van der Waals surface area contributed by atoms with E-state index in [1.54, 1.807) is 19.1 Å². The Bertz CT molecular complexity index is 996. The normalized spacial score (nSPS) is 12.1. The number of aromatic hydroxyl groups is 1. The van der Waals surface area contributed by atoms with Crippen LogP contribution in [-0.2, 0) is 4.79 Å². The Balaban J connectivity index is 1.61. The lowest BCUT2D eigenvalue weighted by Crippen LogP contribution is -2.34. The number of rotatable bonds is 7. The Hall–Kier alpha value is -3.54. The highest BCUT2D eigenvalue weighted by Crippen LogP contribution is 2.26. The van der Waals surface area contributed by atoms with Crippen LogP contribution in [0.2, 0.25) is 0 Å². The van der Waals surface area contributed by atoms with Gasteiger partial charge in [-0.1, -0.05) is 36.4 Å². The van der Waals surface area contributed by atoms with Gasteiger partial charge < -0.3 is 15.2 Å². The van der Waals surface area contributed by atoms with Crippen molar-refractivity contribution in [1.82, 2.24) is 5.43 Å². The van der Waals surface area contributed by atoms with Crippen molar-refractivity contribution < 1.29 is 14.6 Å². The van der Waals surface area contributed by atoms with Crippen LogP contribution in [0.25, 0.3) is 10.8 Å². The Labute approximate surface area is 163 Å². The molecule has 0 fully saturated rings. The first-order valence-corrected chi connectivity index (χ1v) is 9.11. The van der Waals surface area contributed by atoms with Crippen molar-refractivity contribution in [3.05, 3.63) is 66.2 Å². The minimum atomic E-state index is -0.475. The number of hydrogen-bond donors (Lipinski definition) is 3. The van der Waals surface area contributed by atoms with Gasteiger partial charge >= 0.3 is 0 Å². The molecule has 0 saturated heterocycles. The summed E-state index contributed by atoms with van der Waals surface area (Å²) in [5.41, 5.74) is 4.05. The summed E-state index contributed by atoms with van der Waals surface area (Å²) in [4.78, 5) is 12.3. The number of carbonyl (C=O) groups is 1. The first-order chi connectivity index (χ1) is 13.6. The zero-order valence-corrected chi connectivity index (χ0v) is 15.8. The third-order valence-corrected chi connectivity index (χ3v) is 4.23. The minimum absolute atomic E-state index is 0.0307. The van der Waals surface area contributed by atoms with Gasteiger partial charge in [-0.15, -0.1) is 0 Å². The number of nitrogens with zero attached hydrogens (tertiary/aromatic N) is 1. The number of nitrogens with one attached hydrogen (secondary N) is 2. The first-order valence-electron chi connectivity index (χ1n) is 9.11. The van der Waals surface area contributed by atoms with Gasteiger partial charge in [0, 0.05) is 11.1 Å². The first kappa shape index (κ1) is 19.2. The molecule has 0 bridgehead atoms. The second-order valence-corrected chi connectivity index (χ2v) is 6.29. The topological polar surface area (TPSA) is 83.0 Å². The molecule has 0 aliphatic rings. The second kappa shape index (κ2) is 8.90. The van der Waals surface area contributed by atoms with E-state index in [1.807, 2.05) is 49.4 Å². The number of phenols is 1. The van der Waals surface area contributed by atoms with Gasteiger partial charge in [0.25, 0.3) is 5.91 Å². The quantitative estimate of drug-likeness (QED) is 0.431. The second-order valence-electron chi connectivity index (χ2n) is 6.29. The monoisotopic (exact) mass is 377 g/mol. The lowest BCUT2D eigenvalue weighted by atomic mass is 10.1. The van der Waals surface area contributed by atoms with E-state index in [1.165, 1.54) is 12.3 Å². The lowest BCUT2D eigenvalue weighted by molar-refractivity contribution is -0.121. The molecule has 0 unspecified atom stereocenters. The zero-order chi connectivity index (χ0) is 19.9. The van der Waals surface area contributed by atoms with E-state index in [0.29, 0.717) is 17.9 Å². The van der Waals surface area contributed by atoms with Gasteiger partial charge in [-0.3, -0.25) is 4.79 Å². The van der Waals surface area contributed by atoms with Crippen LogP contribution in [0.15, 0.2) is 65.8 Å². The van der Waals surface area contributed by atoms with Crippen LogP contribution in [0.3, 0.4) is 0 Å². The average molecular weight is 377 g/mol. The highest BCUT2D eigenvalue weighted by Gasteiger charge is 2.13. The van der Waals surface area contributed by atoms with Crippen LogP contribution in [0.1, 0.15) is 19.4 Å². The van der Waals surface area contributed by atoms with Gasteiger partial charge in [0.15, 0.2) is 11.5 Å². The summed E-state index contributed by atoms with van der Waals surface area (Å²) in [6.07, 6.45) is 1.47. The number of anilines is 1. The average Bonchev–Trinajstić information content (AvgIpc) is 2.70. The highest BCUT2D eigenvalue weighted by atomic mass is 16.5. The van der Waals surface area contributed by atoms with E-state index >= 15 is 0 Å². The van der Waals surface area contributed by atoms with Crippen LogP contribution < -0.4 is 15.5 Å². The van der Waals surface area contributed by atoms with Crippen molar-refractivity contribution in [1.29, 1.82) is 0 Å². The van der Waals surface area contributed by atoms with Crippen LogP contribution in [-0.4, -0.2) is 29.9 Å². The third-order valence-electron chi connectivity index (χ3n) is 4.23. The Morgan fingerprint density at radius 1 is 1.18 bits per heavy atom. The number of amides is 1. The summed E-state index contributed by atoms with van der Waals surface area (Å²) in [6, 6.07) is 18.4. The third kappa shape index (κ3) is 4.59. The minimum Gasteiger partial charge on any atom is -0.504 e. The molecule has 6 nitrogen and oxygen atoms in total. The maximum atomic E-state index is 12.3. The molecule has 3 aromatic rings. The molecule has 0 aliphatic carbocycles. The van der Waals surface area contributed by atoms with E-state index in [2.05, 4.69) is 15.8 Å². The largest absolute Gasteiger partial charge is 0.504 e.